The molecule has 2 heterocycles. The van der Waals surface area contributed by atoms with Crippen molar-refractivity contribution in [1.82, 2.24) is 4.57 Å². The van der Waals surface area contributed by atoms with Crippen molar-refractivity contribution in [3.8, 4) is 11.5 Å². The molecular weight excluding hydrogens is 476 g/mol. The Morgan fingerprint density at radius 1 is 1.18 bits per heavy atom. The van der Waals surface area contributed by atoms with Crippen LogP contribution < -0.4 is 24.4 Å². The number of para-hydroxylation sites is 1. The van der Waals surface area contributed by atoms with Crippen molar-refractivity contribution in [2.24, 2.45) is 4.99 Å². The van der Waals surface area contributed by atoms with E-state index in [1.165, 1.54) is 15.9 Å². The van der Waals surface area contributed by atoms with Gasteiger partial charge in [-0.05, 0) is 43.7 Å². The number of aromatic nitrogens is 1. The third-order valence-electron chi connectivity index (χ3n) is 5.42. The van der Waals surface area contributed by atoms with Gasteiger partial charge in [-0.2, -0.15) is 0 Å². The van der Waals surface area contributed by atoms with Crippen LogP contribution in [0.4, 0.5) is 0 Å². The van der Waals surface area contributed by atoms with E-state index in [0.717, 1.165) is 5.56 Å². The Morgan fingerprint density at radius 3 is 2.56 bits per heavy atom. The number of carbonyl (C=O) groups excluding carboxylic acids is 1. The third kappa shape index (κ3) is 4.26. The van der Waals surface area contributed by atoms with Crippen LogP contribution in [0.25, 0.3) is 6.08 Å². The molecule has 0 fully saturated rings. The lowest BCUT2D eigenvalue weighted by atomic mass is 9.96. The fraction of sp³-hybridized carbons (Fsp3) is 0.240. The number of benzene rings is 2. The van der Waals surface area contributed by atoms with E-state index in [1.807, 2.05) is 12.1 Å². The molecule has 1 atom stereocenters. The minimum Gasteiger partial charge on any atom is -0.493 e. The number of ether oxygens (including phenoxy) is 3. The van der Waals surface area contributed by atoms with E-state index >= 15 is 0 Å². The summed E-state index contributed by atoms with van der Waals surface area (Å²) in [4.78, 5) is 31.7. The molecule has 0 radical (unpaired) electrons. The van der Waals surface area contributed by atoms with Crippen LogP contribution in [-0.4, -0.2) is 31.4 Å². The van der Waals surface area contributed by atoms with Crippen molar-refractivity contribution in [3.63, 3.8) is 0 Å². The predicted octanol–water partition coefficient (Wildman–Crippen LogP) is 3.47. The van der Waals surface area contributed by atoms with Crippen molar-refractivity contribution in [1.29, 1.82) is 0 Å². The lowest BCUT2D eigenvalue weighted by molar-refractivity contribution is -0.139. The molecule has 0 amide bonds. The minimum absolute atomic E-state index is 0.211. The van der Waals surface area contributed by atoms with E-state index < -0.39 is 12.0 Å². The van der Waals surface area contributed by atoms with Gasteiger partial charge in [0.25, 0.3) is 5.56 Å². The predicted molar refractivity (Wildman–Crippen MR) is 131 cm³/mol. The molecule has 0 saturated carbocycles. The Labute approximate surface area is 205 Å². The zero-order valence-corrected chi connectivity index (χ0v) is 20.7. The van der Waals surface area contributed by atoms with Crippen LogP contribution in [0.5, 0.6) is 11.5 Å². The topological polar surface area (TPSA) is 79.1 Å². The zero-order chi connectivity index (χ0) is 24.4. The summed E-state index contributed by atoms with van der Waals surface area (Å²) in [5.74, 6) is 0.574. The molecule has 0 unspecified atom stereocenters. The first kappa shape index (κ1) is 23.8. The van der Waals surface area contributed by atoms with Crippen LogP contribution in [0, 0.1) is 0 Å². The molecule has 176 valence electrons. The molecule has 3 aromatic rings. The van der Waals surface area contributed by atoms with E-state index in [0.29, 0.717) is 42.7 Å². The quantitative estimate of drug-likeness (QED) is 0.486. The minimum atomic E-state index is -0.693. The van der Waals surface area contributed by atoms with Gasteiger partial charge >= 0.3 is 5.97 Å². The Balaban J connectivity index is 1.97. The molecule has 0 aliphatic carbocycles. The van der Waals surface area contributed by atoms with Gasteiger partial charge in [0.2, 0.25) is 0 Å². The van der Waals surface area contributed by atoms with E-state index in [1.54, 1.807) is 64.5 Å². The van der Waals surface area contributed by atoms with E-state index in [-0.39, 0.29) is 12.2 Å². The molecule has 1 aliphatic heterocycles. The van der Waals surface area contributed by atoms with Crippen LogP contribution in [-0.2, 0) is 9.53 Å². The largest absolute Gasteiger partial charge is 0.493 e. The van der Waals surface area contributed by atoms with Gasteiger partial charge in [0.1, 0.15) is 0 Å². The van der Waals surface area contributed by atoms with Gasteiger partial charge in [-0.15, -0.1) is 0 Å². The molecule has 0 N–H and O–H groups in total. The van der Waals surface area contributed by atoms with Crippen LogP contribution in [0.2, 0.25) is 5.02 Å². The summed E-state index contributed by atoms with van der Waals surface area (Å²) in [6, 6.07) is 11.8. The Hall–Kier alpha value is -3.36. The molecule has 0 spiro atoms. The Morgan fingerprint density at radius 2 is 1.91 bits per heavy atom. The molecular formula is C25H23ClN2O5S. The Kier molecular flexibility index (Phi) is 6.90. The number of carbonyl (C=O) groups is 1. The van der Waals surface area contributed by atoms with Gasteiger partial charge in [0, 0.05) is 10.6 Å². The lowest BCUT2D eigenvalue weighted by Gasteiger charge is -2.24. The summed E-state index contributed by atoms with van der Waals surface area (Å²) in [6.45, 7) is 3.70. The second-order valence-electron chi connectivity index (χ2n) is 7.44. The van der Waals surface area contributed by atoms with E-state index in [9.17, 15) is 9.59 Å². The third-order valence-corrected chi connectivity index (χ3v) is 6.66. The summed E-state index contributed by atoms with van der Waals surface area (Å²) >= 11 is 7.33. The van der Waals surface area contributed by atoms with Crippen LogP contribution in [0.1, 0.15) is 31.0 Å². The first-order chi connectivity index (χ1) is 16.4. The number of fused-ring (bicyclic) bond motifs is 1. The summed E-state index contributed by atoms with van der Waals surface area (Å²) < 4.78 is 18.2. The second-order valence-corrected chi connectivity index (χ2v) is 8.88. The van der Waals surface area contributed by atoms with E-state index in [4.69, 9.17) is 25.8 Å². The second kappa shape index (κ2) is 9.87. The summed E-state index contributed by atoms with van der Waals surface area (Å²) in [7, 11) is 3.10. The molecule has 2 aromatic carbocycles. The number of allylic oxidation sites excluding steroid dienone is 1. The van der Waals surface area contributed by atoms with E-state index in [2.05, 4.69) is 4.99 Å². The number of halogens is 1. The van der Waals surface area contributed by atoms with Crippen molar-refractivity contribution >= 4 is 35.0 Å². The number of rotatable bonds is 6. The molecule has 9 heteroatoms. The molecule has 1 aromatic heterocycles. The highest BCUT2D eigenvalue weighted by molar-refractivity contribution is 7.07. The van der Waals surface area contributed by atoms with Crippen LogP contribution >= 0.6 is 22.9 Å². The van der Waals surface area contributed by atoms with Crippen molar-refractivity contribution in [2.45, 2.75) is 19.9 Å². The summed E-state index contributed by atoms with van der Waals surface area (Å²) in [5.41, 5.74) is 1.97. The van der Waals surface area contributed by atoms with Gasteiger partial charge in [-0.1, -0.05) is 47.2 Å². The lowest BCUT2D eigenvalue weighted by Crippen LogP contribution is -2.39. The zero-order valence-electron chi connectivity index (χ0n) is 19.1. The fourth-order valence-electron chi connectivity index (χ4n) is 3.92. The highest BCUT2D eigenvalue weighted by Gasteiger charge is 2.33. The Bertz CT molecular complexity index is 1450. The molecule has 0 bridgehead atoms. The SMILES string of the molecule is CCOC(=O)C1=C(C)N=c2s/c(=C\c3cccc(OC)c3OC)c(=O)n2[C@H]1c1ccc(Cl)cc1. The van der Waals surface area contributed by atoms with Crippen LogP contribution in [0.15, 0.2) is 63.5 Å². The van der Waals surface area contributed by atoms with Gasteiger partial charge in [0.05, 0.1) is 42.7 Å². The van der Waals surface area contributed by atoms with Gasteiger partial charge in [-0.3, -0.25) is 9.36 Å². The monoisotopic (exact) mass is 498 g/mol. The number of nitrogens with zero attached hydrogens (tertiary/aromatic N) is 2. The molecule has 34 heavy (non-hydrogen) atoms. The van der Waals surface area contributed by atoms with Crippen molar-refractivity contribution < 1.29 is 19.0 Å². The van der Waals surface area contributed by atoms with Crippen molar-refractivity contribution in [2.75, 3.05) is 20.8 Å². The average Bonchev–Trinajstić information content (AvgIpc) is 3.13. The van der Waals surface area contributed by atoms with Crippen LogP contribution in [0.3, 0.4) is 0 Å². The molecule has 0 saturated heterocycles. The van der Waals surface area contributed by atoms with Gasteiger partial charge < -0.3 is 14.2 Å². The number of thiazole rings is 1. The maximum atomic E-state index is 13.7. The van der Waals surface area contributed by atoms with Crippen molar-refractivity contribution in [3.05, 3.63) is 89.6 Å². The standard InChI is InChI=1S/C25H23ClN2O5S/c1-5-33-24(30)20-14(2)27-25-28(21(20)15-9-11-17(26)12-10-15)23(29)19(34-25)13-16-7-6-8-18(31-3)22(16)32-4/h6-13,21H,5H2,1-4H3/b19-13-/t21-/m0/s1. The molecule has 4 rings (SSSR count). The normalized spacial score (nSPS) is 15.6. The first-order valence-electron chi connectivity index (χ1n) is 10.6. The highest BCUT2D eigenvalue weighted by atomic mass is 35.5. The number of hydrogen-bond donors (Lipinski definition) is 0. The maximum Gasteiger partial charge on any atom is 0.338 e. The smallest absolute Gasteiger partial charge is 0.338 e. The average molecular weight is 499 g/mol. The highest BCUT2D eigenvalue weighted by Crippen LogP contribution is 2.32. The fourth-order valence-corrected chi connectivity index (χ4v) is 5.08. The number of esters is 1. The van der Waals surface area contributed by atoms with Gasteiger partial charge in [-0.25, -0.2) is 9.79 Å². The summed E-state index contributed by atoms with van der Waals surface area (Å²) in [6.07, 6.45) is 1.74. The number of hydrogen-bond acceptors (Lipinski definition) is 7. The maximum absolute atomic E-state index is 13.7. The number of methoxy groups -OCH3 is 2. The van der Waals surface area contributed by atoms with Gasteiger partial charge in [0.15, 0.2) is 16.3 Å². The first-order valence-corrected chi connectivity index (χ1v) is 11.7. The molecule has 1 aliphatic rings. The molecule has 7 nitrogen and oxygen atoms in total. The summed E-state index contributed by atoms with van der Waals surface area (Å²) in [5, 5.41) is 0.555.